The molecule has 0 unspecified atom stereocenters. The molecule has 0 radical (unpaired) electrons. The Morgan fingerprint density at radius 1 is 1.38 bits per heavy atom. The monoisotopic (exact) mass is 287 g/mol. The number of hydrogen-bond acceptors (Lipinski definition) is 2. The molecule has 1 fully saturated rings. The highest BCUT2D eigenvalue weighted by atomic mass is 16.5. The summed E-state index contributed by atoms with van der Waals surface area (Å²) < 4.78 is 5.34. The molecule has 1 aliphatic rings. The van der Waals surface area contributed by atoms with Gasteiger partial charge in [-0.15, -0.1) is 6.58 Å². The molecule has 21 heavy (non-hydrogen) atoms. The first-order valence-corrected chi connectivity index (χ1v) is 7.72. The normalized spacial score (nSPS) is 15.5. The van der Waals surface area contributed by atoms with Gasteiger partial charge in [-0.25, -0.2) is 0 Å². The van der Waals surface area contributed by atoms with Gasteiger partial charge in [-0.05, 0) is 43.0 Å². The minimum Gasteiger partial charge on any atom is -0.496 e. The first-order chi connectivity index (χ1) is 10.2. The van der Waals surface area contributed by atoms with Crippen LogP contribution in [0.2, 0.25) is 0 Å². The highest BCUT2D eigenvalue weighted by molar-refractivity contribution is 5.94. The summed E-state index contributed by atoms with van der Waals surface area (Å²) in [5.41, 5.74) is 1.75. The maximum atomic E-state index is 12.7. The fourth-order valence-corrected chi connectivity index (χ4v) is 3.06. The summed E-state index contributed by atoms with van der Waals surface area (Å²) >= 11 is 0. The van der Waals surface area contributed by atoms with Crippen LogP contribution in [0.3, 0.4) is 0 Å². The SMILES string of the molecule is C=CCc1cc(C(=O)N(C)C2CCCCC2)ccc1OC. The average Bonchev–Trinajstić information content (AvgIpc) is 2.54. The summed E-state index contributed by atoms with van der Waals surface area (Å²) in [5, 5.41) is 0. The molecule has 114 valence electrons. The van der Waals surface area contributed by atoms with Crippen molar-refractivity contribution >= 4 is 5.91 Å². The zero-order chi connectivity index (χ0) is 15.2. The van der Waals surface area contributed by atoms with Gasteiger partial charge >= 0.3 is 0 Å². The van der Waals surface area contributed by atoms with Crippen LogP contribution in [0.25, 0.3) is 0 Å². The van der Waals surface area contributed by atoms with Gasteiger partial charge in [0.1, 0.15) is 5.75 Å². The van der Waals surface area contributed by atoms with E-state index in [1.165, 1.54) is 19.3 Å². The number of carbonyl (C=O) groups excluding carboxylic acids is 1. The molecule has 3 heteroatoms. The highest BCUT2D eigenvalue weighted by Gasteiger charge is 2.23. The molecular weight excluding hydrogens is 262 g/mol. The smallest absolute Gasteiger partial charge is 0.253 e. The van der Waals surface area contributed by atoms with Crippen LogP contribution in [-0.2, 0) is 6.42 Å². The van der Waals surface area contributed by atoms with E-state index in [-0.39, 0.29) is 5.91 Å². The van der Waals surface area contributed by atoms with Gasteiger partial charge in [0.25, 0.3) is 5.91 Å². The molecule has 1 aromatic carbocycles. The van der Waals surface area contributed by atoms with Crippen molar-refractivity contribution in [2.45, 2.75) is 44.6 Å². The van der Waals surface area contributed by atoms with Crippen molar-refractivity contribution in [2.75, 3.05) is 14.2 Å². The van der Waals surface area contributed by atoms with E-state index in [0.717, 1.165) is 29.7 Å². The molecule has 0 N–H and O–H groups in total. The van der Waals surface area contributed by atoms with Crippen molar-refractivity contribution in [3.05, 3.63) is 42.0 Å². The molecule has 0 spiro atoms. The van der Waals surface area contributed by atoms with Crippen molar-refractivity contribution in [3.63, 3.8) is 0 Å². The number of ether oxygens (including phenoxy) is 1. The molecule has 0 bridgehead atoms. The molecule has 0 aliphatic heterocycles. The predicted molar refractivity (Wildman–Crippen MR) is 85.9 cm³/mol. The van der Waals surface area contributed by atoms with Crippen LogP contribution in [0.15, 0.2) is 30.9 Å². The maximum Gasteiger partial charge on any atom is 0.253 e. The van der Waals surface area contributed by atoms with E-state index in [0.29, 0.717) is 12.5 Å². The molecule has 0 saturated heterocycles. The molecule has 1 amide bonds. The Bertz CT molecular complexity index is 504. The Morgan fingerprint density at radius 2 is 2.10 bits per heavy atom. The van der Waals surface area contributed by atoms with Crippen LogP contribution in [0, 0.1) is 0 Å². The summed E-state index contributed by atoms with van der Waals surface area (Å²) in [4.78, 5) is 14.6. The molecule has 0 atom stereocenters. The van der Waals surface area contributed by atoms with Crippen LogP contribution in [-0.4, -0.2) is 31.0 Å². The number of allylic oxidation sites excluding steroid dienone is 1. The lowest BCUT2D eigenvalue weighted by atomic mass is 9.94. The van der Waals surface area contributed by atoms with Gasteiger partial charge in [-0.2, -0.15) is 0 Å². The second kappa shape index (κ2) is 7.30. The number of hydrogen-bond donors (Lipinski definition) is 0. The van der Waals surface area contributed by atoms with E-state index in [1.807, 2.05) is 36.2 Å². The van der Waals surface area contributed by atoms with Gasteiger partial charge in [-0.3, -0.25) is 4.79 Å². The van der Waals surface area contributed by atoms with Gasteiger partial charge in [0.15, 0.2) is 0 Å². The van der Waals surface area contributed by atoms with Gasteiger partial charge < -0.3 is 9.64 Å². The standard InChI is InChI=1S/C18H25NO2/c1-4-8-14-13-15(11-12-17(14)21-3)18(20)19(2)16-9-6-5-7-10-16/h4,11-13,16H,1,5-10H2,2-3H3. The van der Waals surface area contributed by atoms with Crippen LogP contribution in [0.1, 0.15) is 48.0 Å². The third-order valence-corrected chi connectivity index (χ3v) is 4.33. The van der Waals surface area contributed by atoms with Crippen LogP contribution < -0.4 is 4.74 Å². The van der Waals surface area contributed by atoms with Crippen LogP contribution in [0.4, 0.5) is 0 Å². The fraction of sp³-hybridized carbons (Fsp3) is 0.500. The Kier molecular flexibility index (Phi) is 5.43. The van der Waals surface area contributed by atoms with Gasteiger partial charge in [-0.1, -0.05) is 25.3 Å². The average molecular weight is 287 g/mol. The zero-order valence-corrected chi connectivity index (χ0v) is 13.1. The first-order valence-electron chi connectivity index (χ1n) is 7.72. The molecule has 2 rings (SSSR count). The molecule has 0 aromatic heterocycles. The highest BCUT2D eigenvalue weighted by Crippen LogP contribution is 2.25. The van der Waals surface area contributed by atoms with E-state index >= 15 is 0 Å². The van der Waals surface area contributed by atoms with Crippen molar-refractivity contribution in [3.8, 4) is 5.75 Å². The number of carbonyl (C=O) groups is 1. The maximum absolute atomic E-state index is 12.7. The third-order valence-electron chi connectivity index (χ3n) is 4.33. The van der Waals surface area contributed by atoms with E-state index in [9.17, 15) is 4.79 Å². The second-order valence-corrected chi connectivity index (χ2v) is 5.73. The summed E-state index contributed by atoms with van der Waals surface area (Å²) in [6.07, 6.45) is 8.54. The number of amides is 1. The summed E-state index contributed by atoms with van der Waals surface area (Å²) in [6.45, 7) is 3.76. The lowest BCUT2D eigenvalue weighted by Gasteiger charge is -2.31. The Labute approximate surface area is 127 Å². The topological polar surface area (TPSA) is 29.5 Å². The largest absolute Gasteiger partial charge is 0.496 e. The molecule has 3 nitrogen and oxygen atoms in total. The predicted octanol–water partition coefficient (Wildman–Crippen LogP) is 3.83. The van der Waals surface area contributed by atoms with Crippen LogP contribution >= 0.6 is 0 Å². The van der Waals surface area contributed by atoms with E-state index in [1.54, 1.807) is 7.11 Å². The molecule has 1 saturated carbocycles. The summed E-state index contributed by atoms with van der Waals surface area (Å²) in [7, 11) is 3.58. The Morgan fingerprint density at radius 3 is 2.71 bits per heavy atom. The van der Waals surface area contributed by atoms with Crippen molar-refractivity contribution in [1.29, 1.82) is 0 Å². The van der Waals surface area contributed by atoms with Crippen molar-refractivity contribution in [2.24, 2.45) is 0 Å². The molecule has 1 aliphatic carbocycles. The number of rotatable bonds is 5. The number of benzene rings is 1. The number of methoxy groups -OCH3 is 1. The lowest BCUT2D eigenvalue weighted by Crippen LogP contribution is -2.38. The number of nitrogens with zero attached hydrogens (tertiary/aromatic N) is 1. The molecule has 0 heterocycles. The van der Waals surface area contributed by atoms with Gasteiger partial charge in [0, 0.05) is 18.7 Å². The van der Waals surface area contributed by atoms with E-state index < -0.39 is 0 Å². The molecular formula is C18H25NO2. The lowest BCUT2D eigenvalue weighted by molar-refractivity contribution is 0.0696. The minimum atomic E-state index is 0.106. The summed E-state index contributed by atoms with van der Waals surface area (Å²) in [5.74, 6) is 0.918. The van der Waals surface area contributed by atoms with E-state index in [2.05, 4.69) is 6.58 Å². The Balaban J connectivity index is 2.17. The minimum absolute atomic E-state index is 0.106. The van der Waals surface area contributed by atoms with Crippen molar-refractivity contribution in [1.82, 2.24) is 4.90 Å². The van der Waals surface area contributed by atoms with Gasteiger partial charge in [0.2, 0.25) is 0 Å². The van der Waals surface area contributed by atoms with Gasteiger partial charge in [0.05, 0.1) is 7.11 Å². The zero-order valence-electron chi connectivity index (χ0n) is 13.1. The fourth-order valence-electron chi connectivity index (χ4n) is 3.06. The molecule has 1 aromatic rings. The quantitative estimate of drug-likeness (QED) is 0.770. The Hall–Kier alpha value is -1.77. The van der Waals surface area contributed by atoms with Crippen molar-refractivity contribution < 1.29 is 9.53 Å². The van der Waals surface area contributed by atoms with E-state index in [4.69, 9.17) is 4.74 Å². The third kappa shape index (κ3) is 3.66. The van der Waals surface area contributed by atoms with Crippen LogP contribution in [0.5, 0.6) is 5.75 Å². The second-order valence-electron chi connectivity index (χ2n) is 5.73. The summed E-state index contributed by atoms with van der Waals surface area (Å²) in [6, 6.07) is 6.05. The first kappa shape index (κ1) is 15.6.